The molecule has 0 saturated carbocycles. The van der Waals surface area contributed by atoms with E-state index in [1.165, 1.54) is 6.20 Å². The van der Waals surface area contributed by atoms with Crippen LogP contribution in [0, 0.1) is 0 Å². The first-order valence-corrected chi connectivity index (χ1v) is 8.69. The number of esters is 1. The van der Waals surface area contributed by atoms with Gasteiger partial charge in [0.15, 0.2) is 6.61 Å². The quantitative estimate of drug-likeness (QED) is 0.656. The SMILES string of the molecule is O=C(COC(=O)c1ccccn1)N[C@H](Cc1ccccc1)c1ccccc1. The number of nitrogens with one attached hydrogen (secondary N) is 1. The fourth-order valence-corrected chi connectivity index (χ4v) is 2.71. The Bertz CT molecular complexity index is 868. The monoisotopic (exact) mass is 360 g/mol. The Hall–Kier alpha value is -3.47. The Morgan fingerprint density at radius 3 is 2.22 bits per heavy atom. The number of carbonyl (C=O) groups is 2. The van der Waals surface area contributed by atoms with Gasteiger partial charge >= 0.3 is 5.97 Å². The van der Waals surface area contributed by atoms with Crippen molar-refractivity contribution in [1.82, 2.24) is 10.3 Å². The first kappa shape index (κ1) is 18.3. The van der Waals surface area contributed by atoms with E-state index < -0.39 is 5.97 Å². The molecular weight excluding hydrogens is 340 g/mol. The van der Waals surface area contributed by atoms with Crippen LogP contribution < -0.4 is 5.32 Å². The number of carbonyl (C=O) groups excluding carboxylic acids is 2. The van der Waals surface area contributed by atoms with Crippen molar-refractivity contribution in [3.8, 4) is 0 Å². The van der Waals surface area contributed by atoms with Crippen LogP contribution in [-0.2, 0) is 16.0 Å². The zero-order valence-corrected chi connectivity index (χ0v) is 14.7. The van der Waals surface area contributed by atoms with Crippen LogP contribution in [0.4, 0.5) is 0 Å². The standard InChI is InChI=1S/C22H20N2O3/c25-21(16-27-22(26)19-13-7-8-14-23-19)24-20(18-11-5-2-6-12-18)15-17-9-3-1-4-10-17/h1-14,20H,15-16H2,(H,24,25)/t20-/m1/s1. The lowest BCUT2D eigenvalue weighted by molar-refractivity contribution is -0.125. The van der Waals surface area contributed by atoms with Crippen LogP contribution in [0.1, 0.15) is 27.7 Å². The maximum Gasteiger partial charge on any atom is 0.357 e. The summed E-state index contributed by atoms with van der Waals surface area (Å²) >= 11 is 0. The third kappa shape index (κ3) is 5.51. The summed E-state index contributed by atoms with van der Waals surface area (Å²) in [4.78, 5) is 28.2. The number of nitrogens with zero attached hydrogens (tertiary/aromatic N) is 1. The van der Waals surface area contributed by atoms with Gasteiger partial charge in [-0.1, -0.05) is 66.7 Å². The third-order valence-electron chi connectivity index (χ3n) is 4.03. The van der Waals surface area contributed by atoms with Gasteiger partial charge < -0.3 is 10.1 Å². The molecule has 136 valence electrons. The molecule has 5 heteroatoms. The lowest BCUT2D eigenvalue weighted by Gasteiger charge is -2.19. The Morgan fingerprint density at radius 2 is 1.56 bits per heavy atom. The molecule has 1 heterocycles. The van der Waals surface area contributed by atoms with Crippen molar-refractivity contribution in [1.29, 1.82) is 0 Å². The minimum Gasteiger partial charge on any atom is -0.451 e. The Morgan fingerprint density at radius 1 is 0.889 bits per heavy atom. The molecule has 5 nitrogen and oxygen atoms in total. The normalized spacial score (nSPS) is 11.4. The minimum absolute atomic E-state index is 0.175. The van der Waals surface area contributed by atoms with E-state index in [1.54, 1.807) is 18.2 Å². The van der Waals surface area contributed by atoms with Gasteiger partial charge in [-0.05, 0) is 29.7 Å². The number of pyridine rings is 1. The summed E-state index contributed by atoms with van der Waals surface area (Å²) < 4.78 is 5.06. The lowest BCUT2D eigenvalue weighted by Crippen LogP contribution is -2.33. The second-order valence-electron chi connectivity index (χ2n) is 6.01. The van der Waals surface area contributed by atoms with Crippen LogP contribution in [0.15, 0.2) is 85.1 Å². The number of aromatic nitrogens is 1. The molecule has 1 N–H and O–H groups in total. The highest BCUT2D eigenvalue weighted by Crippen LogP contribution is 2.18. The predicted octanol–water partition coefficient (Wildman–Crippen LogP) is 3.34. The van der Waals surface area contributed by atoms with Crippen molar-refractivity contribution in [2.45, 2.75) is 12.5 Å². The van der Waals surface area contributed by atoms with Crippen molar-refractivity contribution < 1.29 is 14.3 Å². The molecule has 1 aromatic heterocycles. The van der Waals surface area contributed by atoms with Gasteiger partial charge in [0.05, 0.1) is 6.04 Å². The lowest BCUT2D eigenvalue weighted by atomic mass is 9.99. The van der Waals surface area contributed by atoms with E-state index in [9.17, 15) is 9.59 Å². The molecule has 2 aromatic carbocycles. The van der Waals surface area contributed by atoms with E-state index >= 15 is 0 Å². The molecule has 0 spiro atoms. The fourth-order valence-electron chi connectivity index (χ4n) is 2.71. The predicted molar refractivity (Wildman–Crippen MR) is 102 cm³/mol. The average Bonchev–Trinajstić information content (AvgIpc) is 2.73. The molecule has 27 heavy (non-hydrogen) atoms. The second kappa shape index (κ2) is 9.29. The van der Waals surface area contributed by atoms with Crippen molar-refractivity contribution in [3.63, 3.8) is 0 Å². The van der Waals surface area contributed by atoms with Gasteiger partial charge in [0.25, 0.3) is 5.91 Å². The van der Waals surface area contributed by atoms with E-state index in [0.29, 0.717) is 6.42 Å². The van der Waals surface area contributed by atoms with E-state index in [2.05, 4.69) is 10.3 Å². The minimum atomic E-state index is -0.620. The molecule has 0 aliphatic carbocycles. The number of amides is 1. The fraction of sp³-hybridized carbons (Fsp3) is 0.136. The Labute approximate surface area is 158 Å². The van der Waals surface area contributed by atoms with Gasteiger partial charge in [-0.3, -0.25) is 4.79 Å². The molecule has 0 unspecified atom stereocenters. The van der Waals surface area contributed by atoms with Crippen molar-refractivity contribution in [2.75, 3.05) is 6.61 Å². The molecule has 1 atom stereocenters. The van der Waals surface area contributed by atoms with Crippen LogP contribution in [0.3, 0.4) is 0 Å². The first-order valence-electron chi connectivity index (χ1n) is 8.69. The number of benzene rings is 2. The summed E-state index contributed by atoms with van der Waals surface area (Å²) in [7, 11) is 0. The maximum atomic E-state index is 12.3. The van der Waals surface area contributed by atoms with Gasteiger partial charge in [-0.15, -0.1) is 0 Å². The molecule has 0 fully saturated rings. The first-order chi connectivity index (χ1) is 13.2. The number of ether oxygens (including phenoxy) is 1. The topological polar surface area (TPSA) is 68.3 Å². The summed E-state index contributed by atoms with van der Waals surface area (Å²) in [6.45, 7) is -0.354. The van der Waals surface area contributed by atoms with Crippen molar-refractivity contribution in [3.05, 3.63) is 102 Å². The van der Waals surface area contributed by atoms with Crippen molar-refractivity contribution in [2.24, 2.45) is 0 Å². The van der Waals surface area contributed by atoms with Crippen LogP contribution in [0.25, 0.3) is 0 Å². The van der Waals surface area contributed by atoms with E-state index in [0.717, 1.165) is 11.1 Å². The third-order valence-corrected chi connectivity index (χ3v) is 4.03. The highest BCUT2D eigenvalue weighted by atomic mass is 16.5. The van der Waals surface area contributed by atoms with Gasteiger partial charge in [0.1, 0.15) is 5.69 Å². The molecule has 0 aliphatic heterocycles. The average molecular weight is 360 g/mol. The molecule has 1 amide bonds. The molecule has 3 aromatic rings. The summed E-state index contributed by atoms with van der Waals surface area (Å²) in [5.41, 5.74) is 2.28. The summed E-state index contributed by atoms with van der Waals surface area (Å²) in [5.74, 6) is -0.978. The van der Waals surface area contributed by atoms with E-state index in [1.807, 2.05) is 60.7 Å². The summed E-state index contributed by atoms with van der Waals surface area (Å²) in [5, 5.41) is 2.95. The van der Waals surface area contributed by atoms with Gasteiger partial charge in [-0.2, -0.15) is 0 Å². The number of hydrogen-bond acceptors (Lipinski definition) is 4. The largest absolute Gasteiger partial charge is 0.451 e. The van der Waals surface area contributed by atoms with Crippen molar-refractivity contribution >= 4 is 11.9 Å². The van der Waals surface area contributed by atoms with Crippen LogP contribution >= 0.6 is 0 Å². The van der Waals surface area contributed by atoms with E-state index in [4.69, 9.17) is 4.74 Å². The molecule has 0 saturated heterocycles. The van der Waals surface area contributed by atoms with Gasteiger partial charge in [0.2, 0.25) is 0 Å². The molecule has 3 rings (SSSR count). The van der Waals surface area contributed by atoms with Crippen LogP contribution in [-0.4, -0.2) is 23.5 Å². The van der Waals surface area contributed by atoms with Crippen LogP contribution in [0.5, 0.6) is 0 Å². The maximum absolute atomic E-state index is 12.3. The number of rotatable bonds is 7. The Balaban J connectivity index is 1.63. The summed E-state index contributed by atoms with van der Waals surface area (Å²) in [6, 6.07) is 24.4. The van der Waals surface area contributed by atoms with Crippen LogP contribution in [0.2, 0.25) is 0 Å². The van der Waals surface area contributed by atoms with E-state index in [-0.39, 0.29) is 24.2 Å². The highest BCUT2D eigenvalue weighted by Gasteiger charge is 2.17. The second-order valence-corrected chi connectivity index (χ2v) is 6.01. The number of hydrogen-bond donors (Lipinski definition) is 1. The molecule has 0 radical (unpaired) electrons. The smallest absolute Gasteiger partial charge is 0.357 e. The molecule has 0 aliphatic rings. The zero-order chi connectivity index (χ0) is 18.9. The zero-order valence-electron chi connectivity index (χ0n) is 14.7. The highest BCUT2D eigenvalue weighted by molar-refractivity contribution is 5.89. The molecule has 0 bridgehead atoms. The Kier molecular flexibility index (Phi) is 6.30. The molecular formula is C22H20N2O3. The van der Waals surface area contributed by atoms with Gasteiger partial charge in [-0.25, -0.2) is 9.78 Å². The summed E-state index contributed by atoms with van der Waals surface area (Å²) in [6.07, 6.45) is 2.15. The van der Waals surface area contributed by atoms with Gasteiger partial charge in [0, 0.05) is 6.20 Å².